The Hall–Kier alpha value is -2.30. The van der Waals surface area contributed by atoms with Crippen molar-refractivity contribution in [1.82, 2.24) is 10.2 Å². The molecule has 0 bridgehead atoms. The maximum atomic E-state index is 11.8. The summed E-state index contributed by atoms with van der Waals surface area (Å²) in [6, 6.07) is 7.47. The smallest absolute Gasteiger partial charge is 0.230 e. The molecule has 18 heavy (non-hydrogen) atoms. The molecule has 2 aromatic rings. The minimum Gasteiger partial charge on any atom is -0.496 e. The number of hydrogen-bond donors (Lipinski definition) is 2. The highest BCUT2D eigenvalue weighted by Crippen LogP contribution is 2.20. The van der Waals surface area contributed by atoms with E-state index in [1.54, 1.807) is 19.4 Å². The second-order valence-corrected chi connectivity index (χ2v) is 4.01. The zero-order valence-corrected chi connectivity index (χ0v) is 10.4. The van der Waals surface area contributed by atoms with Crippen molar-refractivity contribution in [3.8, 4) is 5.75 Å². The lowest BCUT2D eigenvalue weighted by Crippen LogP contribution is -2.15. The second kappa shape index (κ2) is 5.35. The Morgan fingerprint density at radius 3 is 2.94 bits per heavy atom. The molecule has 0 unspecified atom stereocenters. The number of aryl methyl sites for hydroxylation is 1. The van der Waals surface area contributed by atoms with Gasteiger partial charge in [0.05, 0.1) is 19.7 Å². The number of amides is 1. The molecule has 0 spiro atoms. The Balaban J connectivity index is 2.08. The average Bonchev–Trinajstić information content (AvgIpc) is 2.82. The molecule has 2 rings (SSSR count). The molecule has 2 N–H and O–H groups in total. The van der Waals surface area contributed by atoms with Gasteiger partial charge < -0.3 is 10.1 Å². The Morgan fingerprint density at radius 1 is 1.44 bits per heavy atom. The van der Waals surface area contributed by atoms with Gasteiger partial charge in [-0.15, -0.1) is 0 Å². The van der Waals surface area contributed by atoms with Crippen LogP contribution in [0.1, 0.15) is 11.1 Å². The number of benzene rings is 1. The van der Waals surface area contributed by atoms with E-state index in [4.69, 9.17) is 4.74 Å². The van der Waals surface area contributed by atoms with Gasteiger partial charge in [-0.25, -0.2) is 0 Å². The molecule has 94 valence electrons. The van der Waals surface area contributed by atoms with Crippen LogP contribution < -0.4 is 10.1 Å². The minimum absolute atomic E-state index is 0.108. The minimum atomic E-state index is -0.108. The zero-order valence-electron chi connectivity index (χ0n) is 10.4. The van der Waals surface area contributed by atoms with Gasteiger partial charge in [0.2, 0.25) is 5.91 Å². The molecule has 0 radical (unpaired) electrons. The third kappa shape index (κ3) is 2.88. The zero-order chi connectivity index (χ0) is 13.0. The summed E-state index contributed by atoms with van der Waals surface area (Å²) < 4.78 is 5.24. The van der Waals surface area contributed by atoms with Crippen molar-refractivity contribution in [2.75, 3.05) is 12.4 Å². The predicted molar refractivity (Wildman–Crippen MR) is 68.7 cm³/mol. The molecule has 0 aliphatic heterocycles. The number of nitrogens with one attached hydrogen (secondary N) is 2. The van der Waals surface area contributed by atoms with Crippen molar-refractivity contribution < 1.29 is 9.53 Å². The number of rotatable bonds is 4. The normalized spacial score (nSPS) is 10.1. The van der Waals surface area contributed by atoms with E-state index >= 15 is 0 Å². The van der Waals surface area contributed by atoms with Crippen LogP contribution in [0, 0.1) is 6.92 Å². The first-order valence-corrected chi connectivity index (χ1v) is 5.62. The standard InChI is InChI=1S/C13H15N3O2/c1-9-3-4-11(18-2)10(7-9)8-13(17)15-12-5-6-14-16-12/h3-7H,8H2,1-2H3,(H2,14,15,16,17). The van der Waals surface area contributed by atoms with Gasteiger partial charge in [-0.2, -0.15) is 5.10 Å². The number of H-pyrrole nitrogens is 1. The van der Waals surface area contributed by atoms with Crippen LogP contribution in [0.2, 0.25) is 0 Å². The fourth-order valence-electron chi connectivity index (χ4n) is 1.74. The molecule has 5 heteroatoms. The first kappa shape index (κ1) is 12.2. The predicted octanol–water partition coefficient (Wildman–Crippen LogP) is 1.91. The number of nitrogens with zero attached hydrogens (tertiary/aromatic N) is 1. The van der Waals surface area contributed by atoms with Crippen LogP contribution in [-0.2, 0) is 11.2 Å². The monoisotopic (exact) mass is 245 g/mol. The fourth-order valence-corrected chi connectivity index (χ4v) is 1.74. The number of carbonyl (C=O) groups is 1. The summed E-state index contributed by atoms with van der Waals surface area (Å²) in [5.41, 5.74) is 1.97. The Kier molecular flexibility index (Phi) is 3.62. The summed E-state index contributed by atoms with van der Waals surface area (Å²) in [6.07, 6.45) is 1.85. The molecule has 1 heterocycles. The van der Waals surface area contributed by atoms with E-state index in [1.807, 2.05) is 25.1 Å². The van der Waals surface area contributed by atoms with Gasteiger partial charge >= 0.3 is 0 Å². The molecule has 0 saturated heterocycles. The van der Waals surface area contributed by atoms with Crippen molar-refractivity contribution in [3.63, 3.8) is 0 Å². The lowest BCUT2D eigenvalue weighted by molar-refractivity contribution is -0.115. The van der Waals surface area contributed by atoms with Crippen molar-refractivity contribution in [2.24, 2.45) is 0 Å². The van der Waals surface area contributed by atoms with Crippen molar-refractivity contribution in [3.05, 3.63) is 41.6 Å². The lowest BCUT2D eigenvalue weighted by Gasteiger charge is -2.09. The number of methoxy groups -OCH3 is 1. The summed E-state index contributed by atoms with van der Waals surface area (Å²) in [5.74, 6) is 1.20. The lowest BCUT2D eigenvalue weighted by atomic mass is 10.1. The fraction of sp³-hybridized carbons (Fsp3) is 0.231. The first-order valence-electron chi connectivity index (χ1n) is 5.62. The van der Waals surface area contributed by atoms with Crippen LogP contribution in [0.15, 0.2) is 30.5 Å². The molecule has 0 fully saturated rings. The van der Waals surface area contributed by atoms with Crippen molar-refractivity contribution in [1.29, 1.82) is 0 Å². The number of aromatic amines is 1. The molecule has 1 aromatic heterocycles. The van der Waals surface area contributed by atoms with Crippen LogP contribution in [0.4, 0.5) is 5.82 Å². The Labute approximate surface area is 105 Å². The Morgan fingerprint density at radius 2 is 2.28 bits per heavy atom. The van der Waals surface area contributed by atoms with E-state index in [-0.39, 0.29) is 12.3 Å². The SMILES string of the molecule is COc1ccc(C)cc1CC(=O)Nc1ccn[nH]1. The van der Waals surface area contributed by atoms with Crippen molar-refractivity contribution >= 4 is 11.7 Å². The summed E-state index contributed by atoms with van der Waals surface area (Å²) in [4.78, 5) is 11.8. The van der Waals surface area contributed by atoms with Gasteiger partial charge in [0.25, 0.3) is 0 Å². The molecule has 0 atom stereocenters. The van der Waals surface area contributed by atoms with E-state index in [0.717, 1.165) is 16.9 Å². The maximum Gasteiger partial charge on any atom is 0.230 e. The third-order valence-electron chi connectivity index (χ3n) is 2.56. The van der Waals surface area contributed by atoms with E-state index < -0.39 is 0 Å². The molecular weight excluding hydrogens is 230 g/mol. The average molecular weight is 245 g/mol. The van der Waals surface area contributed by atoms with Crippen LogP contribution in [-0.4, -0.2) is 23.2 Å². The second-order valence-electron chi connectivity index (χ2n) is 4.01. The highest BCUT2D eigenvalue weighted by atomic mass is 16.5. The molecule has 5 nitrogen and oxygen atoms in total. The summed E-state index contributed by atoms with van der Waals surface area (Å²) in [7, 11) is 1.60. The van der Waals surface area contributed by atoms with E-state index in [1.165, 1.54) is 0 Å². The van der Waals surface area contributed by atoms with Crippen LogP contribution in [0.25, 0.3) is 0 Å². The molecular formula is C13H15N3O2. The molecule has 1 aromatic carbocycles. The topological polar surface area (TPSA) is 67.0 Å². The van der Waals surface area contributed by atoms with Gasteiger partial charge in [0.1, 0.15) is 11.6 Å². The number of ether oxygens (including phenoxy) is 1. The van der Waals surface area contributed by atoms with Crippen LogP contribution in [0.5, 0.6) is 5.75 Å². The number of carbonyl (C=O) groups excluding carboxylic acids is 1. The van der Waals surface area contributed by atoms with Gasteiger partial charge in [0.15, 0.2) is 0 Å². The summed E-state index contributed by atoms with van der Waals surface area (Å²) >= 11 is 0. The molecule has 0 aliphatic carbocycles. The maximum absolute atomic E-state index is 11.8. The summed E-state index contributed by atoms with van der Waals surface area (Å²) in [6.45, 7) is 1.98. The van der Waals surface area contributed by atoms with Gasteiger partial charge in [-0.05, 0) is 13.0 Å². The first-order chi connectivity index (χ1) is 8.69. The Bertz CT molecular complexity index is 535. The number of anilines is 1. The quantitative estimate of drug-likeness (QED) is 0.864. The van der Waals surface area contributed by atoms with Crippen LogP contribution in [0.3, 0.4) is 0 Å². The van der Waals surface area contributed by atoms with E-state index in [9.17, 15) is 4.79 Å². The van der Waals surface area contributed by atoms with Gasteiger partial charge in [0, 0.05) is 11.6 Å². The number of hydrogen-bond acceptors (Lipinski definition) is 3. The largest absolute Gasteiger partial charge is 0.496 e. The highest BCUT2D eigenvalue weighted by molar-refractivity contribution is 5.91. The molecule has 1 amide bonds. The molecule has 0 saturated carbocycles. The van der Waals surface area contributed by atoms with Gasteiger partial charge in [-0.1, -0.05) is 17.7 Å². The van der Waals surface area contributed by atoms with E-state index in [2.05, 4.69) is 15.5 Å². The number of aromatic nitrogens is 2. The highest BCUT2D eigenvalue weighted by Gasteiger charge is 2.09. The van der Waals surface area contributed by atoms with Crippen LogP contribution >= 0.6 is 0 Å². The van der Waals surface area contributed by atoms with E-state index in [0.29, 0.717) is 5.82 Å². The summed E-state index contributed by atoms with van der Waals surface area (Å²) in [5, 5.41) is 9.17. The third-order valence-corrected chi connectivity index (χ3v) is 2.56. The van der Waals surface area contributed by atoms with Gasteiger partial charge in [-0.3, -0.25) is 9.89 Å². The molecule has 0 aliphatic rings. The van der Waals surface area contributed by atoms with Crippen molar-refractivity contribution in [2.45, 2.75) is 13.3 Å².